The summed E-state index contributed by atoms with van der Waals surface area (Å²) in [5.74, 6) is 0. The number of aliphatic hydroxyl groups excluding tert-OH is 1. The lowest BCUT2D eigenvalue weighted by atomic mass is 10.1. The van der Waals surface area contributed by atoms with E-state index >= 15 is 0 Å². The molecule has 2 nitrogen and oxygen atoms in total. The fourth-order valence-electron chi connectivity index (χ4n) is 1.21. The lowest BCUT2D eigenvalue weighted by molar-refractivity contribution is -0.126. The van der Waals surface area contributed by atoms with Crippen LogP contribution in [0.25, 0.3) is 0 Å². The Labute approximate surface area is 85.7 Å². The molecule has 0 aliphatic heterocycles. The monoisotopic (exact) mass is 219 g/mol. The number of halogens is 3. The number of nitrogens with one attached hydrogen (secondary N) is 1. The summed E-state index contributed by atoms with van der Waals surface area (Å²) in [5.41, 5.74) is 0.643. The first-order chi connectivity index (χ1) is 7.03. The Morgan fingerprint density at radius 1 is 1.20 bits per heavy atom. The molecular formula is C10H12F3NO. The standard InChI is InChI=1S/C10H12F3NO/c11-10(12,13)7-14-9(6-15)8-4-2-1-3-5-8/h1-5,9,14-15H,6-7H2. The van der Waals surface area contributed by atoms with Crippen molar-refractivity contribution in [2.75, 3.05) is 13.2 Å². The van der Waals surface area contributed by atoms with Crippen LogP contribution in [0.2, 0.25) is 0 Å². The molecule has 0 fully saturated rings. The van der Waals surface area contributed by atoms with Gasteiger partial charge in [0.15, 0.2) is 0 Å². The average Bonchev–Trinajstić information content (AvgIpc) is 2.19. The fourth-order valence-corrected chi connectivity index (χ4v) is 1.21. The molecule has 5 heteroatoms. The molecule has 0 heterocycles. The van der Waals surface area contributed by atoms with E-state index in [4.69, 9.17) is 5.11 Å². The second kappa shape index (κ2) is 5.14. The highest BCUT2D eigenvalue weighted by Crippen LogP contribution is 2.16. The zero-order chi connectivity index (χ0) is 11.3. The van der Waals surface area contributed by atoms with Gasteiger partial charge in [0, 0.05) is 0 Å². The van der Waals surface area contributed by atoms with E-state index in [0.717, 1.165) is 0 Å². The summed E-state index contributed by atoms with van der Waals surface area (Å²) in [7, 11) is 0. The molecule has 1 rings (SSSR count). The van der Waals surface area contributed by atoms with Gasteiger partial charge in [-0.05, 0) is 5.56 Å². The van der Waals surface area contributed by atoms with Crippen molar-refractivity contribution in [1.82, 2.24) is 5.32 Å². The third kappa shape index (κ3) is 4.31. The van der Waals surface area contributed by atoms with E-state index in [1.54, 1.807) is 30.3 Å². The van der Waals surface area contributed by atoms with E-state index < -0.39 is 18.8 Å². The second-order valence-corrected chi connectivity index (χ2v) is 3.14. The van der Waals surface area contributed by atoms with Gasteiger partial charge in [0.25, 0.3) is 0 Å². The average molecular weight is 219 g/mol. The van der Waals surface area contributed by atoms with Crippen LogP contribution in [-0.2, 0) is 0 Å². The van der Waals surface area contributed by atoms with Crippen LogP contribution in [0.15, 0.2) is 30.3 Å². The minimum Gasteiger partial charge on any atom is -0.394 e. The summed E-state index contributed by atoms with van der Waals surface area (Å²) in [6, 6.07) is 7.87. The zero-order valence-electron chi connectivity index (χ0n) is 7.96. The molecule has 1 aromatic rings. The highest BCUT2D eigenvalue weighted by atomic mass is 19.4. The number of hydrogen-bond acceptors (Lipinski definition) is 2. The molecule has 0 spiro atoms. The Balaban J connectivity index is 2.58. The van der Waals surface area contributed by atoms with Gasteiger partial charge >= 0.3 is 6.18 Å². The Hall–Kier alpha value is -1.07. The predicted molar refractivity (Wildman–Crippen MR) is 50.3 cm³/mol. The first kappa shape index (κ1) is 12.0. The molecule has 0 saturated carbocycles. The van der Waals surface area contributed by atoms with Gasteiger partial charge in [-0.15, -0.1) is 0 Å². The first-order valence-electron chi connectivity index (χ1n) is 4.49. The molecule has 1 aromatic carbocycles. The summed E-state index contributed by atoms with van der Waals surface area (Å²) in [6.45, 7) is -1.47. The molecule has 0 aromatic heterocycles. The van der Waals surface area contributed by atoms with E-state index in [0.29, 0.717) is 5.56 Å². The fraction of sp³-hybridized carbons (Fsp3) is 0.400. The SMILES string of the molecule is OCC(NCC(F)(F)F)c1ccccc1. The second-order valence-electron chi connectivity index (χ2n) is 3.14. The first-order valence-corrected chi connectivity index (χ1v) is 4.49. The van der Waals surface area contributed by atoms with Gasteiger partial charge in [-0.3, -0.25) is 5.32 Å². The van der Waals surface area contributed by atoms with Crippen molar-refractivity contribution in [3.63, 3.8) is 0 Å². The van der Waals surface area contributed by atoms with Crippen LogP contribution in [0.3, 0.4) is 0 Å². The van der Waals surface area contributed by atoms with Crippen molar-refractivity contribution >= 4 is 0 Å². The van der Waals surface area contributed by atoms with Crippen molar-refractivity contribution in [3.05, 3.63) is 35.9 Å². The third-order valence-corrected chi connectivity index (χ3v) is 1.93. The molecule has 0 radical (unpaired) electrons. The lowest BCUT2D eigenvalue weighted by Crippen LogP contribution is -2.33. The number of benzene rings is 1. The minimum absolute atomic E-state index is 0.361. The lowest BCUT2D eigenvalue weighted by Gasteiger charge is -2.17. The van der Waals surface area contributed by atoms with E-state index in [2.05, 4.69) is 5.32 Å². The topological polar surface area (TPSA) is 32.3 Å². The zero-order valence-corrected chi connectivity index (χ0v) is 7.96. The van der Waals surface area contributed by atoms with E-state index in [1.807, 2.05) is 0 Å². The van der Waals surface area contributed by atoms with Crippen LogP contribution in [0, 0.1) is 0 Å². The van der Waals surface area contributed by atoms with Crippen molar-refractivity contribution in [3.8, 4) is 0 Å². The summed E-state index contributed by atoms with van der Waals surface area (Å²) < 4.78 is 35.8. The van der Waals surface area contributed by atoms with Crippen LogP contribution in [-0.4, -0.2) is 24.4 Å². The van der Waals surface area contributed by atoms with Gasteiger partial charge in [-0.25, -0.2) is 0 Å². The molecule has 0 aliphatic carbocycles. The summed E-state index contributed by atoms with van der Waals surface area (Å²) in [6.07, 6.45) is -4.26. The number of aliphatic hydroxyl groups is 1. The van der Waals surface area contributed by atoms with Gasteiger partial charge in [-0.2, -0.15) is 13.2 Å². The molecule has 1 atom stereocenters. The maximum Gasteiger partial charge on any atom is 0.401 e. The quantitative estimate of drug-likeness (QED) is 0.810. The van der Waals surface area contributed by atoms with Gasteiger partial charge in [0.05, 0.1) is 19.2 Å². The Morgan fingerprint density at radius 3 is 2.27 bits per heavy atom. The van der Waals surface area contributed by atoms with Crippen LogP contribution in [0.1, 0.15) is 11.6 Å². The largest absolute Gasteiger partial charge is 0.401 e. The van der Waals surface area contributed by atoms with Gasteiger partial charge in [-0.1, -0.05) is 30.3 Å². The van der Waals surface area contributed by atoms with Crippen LogP contribution in [0.5, 0.6) is 0 Å². The Morgan fingerprint density at radius 2 is 1.80 bits per heavy atom. The summed E-state index contributed by atoms with van der Waals surface area (Å²) in [5, 5.41) is 11.2. The van der Waals surface area contributed by atoms with Crippen molar-refractivity contribution in [2.24, 2.45) is 0 Å². The van der Waals surface area contributed by atoms with Crippen molar-refractivity contribution in [1.29, 1.82) is 0 Å². The Kier molecular flexibility index (Phi) is 4.11. The Bertz CT molecular complexity index is 286. The highest BCUT2D eigenvalue weighted by Gasteiger charge is 2.28. The van der Waals surface area contributed by atoms with E-state index in [1.165, 1.54) is 0 Å². The molecule has 84 valence electrons. The number of alkyl halides is 3. The highest BCUT2D eigenvalue weighted by molar-refractivity contribution is 5.18. The summed E-state index contributed by atoms with van der Waals surface area (Å²) in [4.78, 5) is 0. The van der Waals surface area contributed by atoms with E-state index in [9.17, 15) is 13.2 Å². The summed E-state index contributed by atoms with van der Waals surface area (Å²) >= 11 is 0. The molecule has 15 heavy (non-hydrogen) atoms. The van der Waals surface area contributed by atoms with Crippen LogP contribution >= 0.6 is 0 Å². The normalized spacial score (nSPS) is 13.9. The molecule has 0 aliphatic rings. The molecule has 0 amide bonds. The third-order valence-electron chi connectivity index (χ3n) is 1.93. The maximum atomic E-state index is 11.9. The molecule has 0 bridgehead atoms. The van der Waals surface area contributed by atoms with Crippen molar-refractivity contribution in [2.45, 2.75) is 12.2 Å². The predicted octanol–water partition coefficient (Wildman–Crippen LogP) is 1.87. The van der Waals surface area contributed by atoms with Gasteiger partial charge in [0.1, 0.15) is 0 Å². The molecule has 2 N–H and O–H groups in total. The maximum absolute atomic E-state index is 11.9. The smallest absolute Gasteiger partial charge is 0.394 e. The van der Waals surface area contributed by atoms with E-state index in [-0.39, 0.29) is 6.61 Å². The van der Waals surface area contributed by atoms with Crippen LogP contribution in [0.4, 0.5) is 13.2 Å². The molecule has 0 saturated heterocycles. The minimum atomic E-state index is -4.26. The van der Waals surface area contributed by atoms with Crippen molar-refractivity contribution < 1.29 is 18.3 Å². The van der Waals surface area contributed by atoms with Gasteiger partial charge in [0.2, 0.25) is 0 Å². The van der Waals surface area contributed by atoms with Crippen LogP contribution < -0.4 is 5.32 Å². The number of rotatable bonds is 4. The molecular weight excluding hydrogens is 207 g/mol. The molecule has 1 unspecified atom stereocenters. The number of hydrogen-bond donors (Lipinski definition) is 2. The van der Waals surface area contributed by atoms with Gasteiger partial charge < -0.3 is 5.11 Å².